The second-order valence-corrected chi connectivity index (χ2v) is 4.87. The highest BCUT2D eigenvalue weighted by Crippen LogP contribution is 2.20. The summed E-state index contributed by atoms with van der Waals surface area (Å²) in [5, 5.41) is 4.36. The van der Waals surface area contributed by atoms with Gasteiger partial charge in [-0.05, 0) is 43.5 Å². The summed E-state index contributed by atoms with van der Waals surface area (Å²) in [7, 11) is 0. The summed E-state index contributed by atoms with van der Waals surface area (Å²) in [5.74, 6) is 0. The number of nitrogens with one attached hydrogen (secondary N) is 1. The van der Waals surface area contributed by atoms with Crippen molar-refractivity contribution in [3.63, 3.8) is 0 Å². The van der Waals surface area contributed by atoms with E-state index in [2.05, 4.69) is 25.2 Å². The predicted molar refractivity (Wildman–Crippen MR) is 78.2 cm³/mol. The standard InChI is InChI=1S/C15H24ClNO/c1-3-10-18-11-6-9-17-15(4-2)13-7-5-8-14(16)12-13/h5,7-8,12,15,17H,3-4,6,9-11H2,1-2H3. The molecule has 0 radical (unpaired) electrons. The fourth-order valence-electron chi connectivity index (χ4n) is 1.92. The Labute approximate surface area is 116 Å². The summed E-state index contributed by atoms with van der Waals surface area (Å²) in [4.78, 5) is 0. The van der Waals surface area contributed by atoms with Crippen LogP contribution in [-0.4, -0.2) is 19.8 Å². The first kappa shape index (κ1) is 15.5. The maximum Gasteiger partial charge on any atom is 0.0478 e. The van der Waals surface area contributed by atoms with Crippen LogP contribution in [0, 0.1) is 0 Å². The lowest BCUT2D eigenvalue weighted by atomic mass is 10.0. The molecule has 1 aromatic carbocycles. The van der Waals surface area contributed by atoms with Crippen LogP contribution in [-0.2, 0) is 4.74 Å². The molecular weight excluding hydrogens is 246 g/mol. The number of rotatable bonds is 9. The molecule has 0 bridgehead atoms. The average molecular weight is 270 g/mol. The molecule has 2 nitrogen and oxygen atoms in total. The predicted octanol–water partition coefficient (Wildman–Crippen LogP) is 4.20. The van der Waals surface area contributed by atoms with Crippen molar-refractivity contribution in [2.75, 3.05) is 19.8 Å². The lowest BCUT2D eigenvalue weighted by Crippen LogP contribution is -2.22. The number of halogens is 1. The minimum absolute atomic E-state index is 0.384. The van der Waals surface area contributed by atoms with Gasteiger partial charge in [0.25, 0.3) is 0 Å². The molecule has 0 saturated carbocycles. The van der Waals surface area contributed by atoms with Gasteiger partial charge in [-0.25, -0.2) is 0 Å². The first-order valence-electron chi connectivity index (χ1n) is 6.84. The molecule has 1 aromatic rings. The van der Waals surface area contributed by atoms with E-state index >= 15 is 0 Å². The van der Waals surface area contributed by atoms with Crippen LogP contribution in [0.15, 0.2) is 24.3 Å². The van der Waals surface area contributed by atoms with Crippen LogP contribution in [0.4, 0.5) is 0 Å². The molecule has 1 N–H and O–H groups in total. The first-order valence-corrected chi connectivity index (χ1v) is 7.22. The van der Waals surface area contributed by atoms with E-state index < -0.39 is 0 Å². The van der Waals surface area contributed by atoms with E-state index in [1.165, 1.54) is 5.56 Å². The van der Waals surface area contributed by atoms with E-state index in [1.807, 2.05) is 18.2 Å². The summed E-state index contributed by atoms with van der Waals surface area (Å²) < 4.78 is 5.46. The van der Waals surface area contributed by atoms with E-state index in [0.717, 1.165) is 44.0 Å². The molecule has 0 saturated heterocycles. The molecule has 0 spiro atoms. The third kappa shape index (κ3) is 5.85. The largest absolute Gasteiger partial charge is 0.381 e. The lowest BCUT2D eigenvalue weighted by Gasteiger charge is -2.17. The van der Waals surface area contributed by atoms with Crippen molar-refractivity contribution in [2.24, 2.45) is 0 Å². The Bertz CT molecular complexity index is 330. The van der Waals surface area contributed by atoms with Crippen molar-refractivity contribution in [1.82, 2.24) is 5.32 Å². The normalized spacial score (nSPS) is 12.6. The Morgan fingerprint density at radius 3 is 2.78 bits per heavy atom. The molecule has 0 aliphatic rings. The van der Waals surface area contributed by atoms with Crippen molar-refractivity contribution >= 4 is 11.6 Å². The highest BCUT2D eigenvalue weighted by atomic mass is 35.5. The van der Waals surface area contributed by atoms with E-state index in [4.69, 9.17) is 16.3 Å². The van der Waals surface area contributed by atoms with Gasteiger partial charge in [0.05, 0.1) is 0 Å². The molecule has 1 atom stereocenters. The zero-order valence-electron chi connectivity index (χ0n) is 11.4. The second kappa shape index (κ2) is 9.37. The zero-order valence-corrected chi connectivity index (χ0v) is 12.2. The van der Waals surface area contributed by atoms with E-state index in [-0.39, 0.29) is 0 Å². The maximum absolute atomic E-state index is 6.02. The highest BCUT2D eigenvalue weighted by molar-refractivity contribution is 6.30. The van der Waals surface area contributed by atoms with Crippen LogP contribution in [0.5, 0.6) is 0 Å². The molecule has 3 heteroatoms. The van der Waals surface area contributed by atoms with Gasteiger partial charge in [-0.2, -0.15) is 0 Å². The molecule has 18 heavy (non-hydrogen) atoms. The third-order valence-electron chi connectivity index (χ3n) is 2.86. The molecule has 0 aliphatic heterocycles. The van der Waals surface area contributed by atoms with Crippen molar-refractivity contribution in [3.8, 4) is 0 Å². The summed E-state index contributed by atoms with van der Waals surface area (Å²) in [5.41, 5.74) is 1.26. The van der Waals surface area contributed by atoms with Gasteiger partial charge in [0, 0.05) is 24.3 Å². The van der Waals surface area contributed by atoms with Crippen LogP contribution in [0.25, 0.3) is 0 Å². The fraction of sp³-hybridized carbons (Fsp3) is 0.600. The van der Waals surface area contributed by atoms with Crippen LogP contribution < -0.4 is 5.32 Å². The molecule has 1 unspecified atom stereocenters. The SMILES string of the molecule is CCCOCCCNC(CC)c1cccc(Cl)c1. The van der Waals surface area contributed by atoms with Crippen LogP contribution in [0.2, 0.25) is 5.02 Å². The van der Waals surface area contributed by atoms with Gasteiger partial charge in [0.15, 0.2) is 0 Å². The van der Waals surface area contributed by atoms with Gasteiger partial charge in [0.1, 0.15) is 0 Å². The number of hydrogen-bond donors (Lipinski definition) is 1. The molecule has 102 valence electrons. The van der Waals surface area contributed by atoms with Crippen LogP contribution >= 0.6 is 11.6 Å². The maximum atomic E-state index is 6.02. The summed E-state index contributed by atoms with van der Waals surface area (Å²) in [6.45, 7) is 7.00. The zero-order chi connectivity index (χ0) is 13.2. The lowest BCUT2D eigenvalue weighted by molar-refractivity contribution is 0.131. The minimum atomic E-state index is 0.384. The highest BCUT2D eigenvalue weighted by Gasteiger charge is 2.08. The Morgan fingerprint density at radius 2 is 2.11 bits per heavy atom. The summed E-state index contributed by atoms with van der Waals surface area (Å²) in [6.07, 6.45) is 3.21. The Kier molecular flexibility index (Phi) is 8.06. The number of ether oxygens (including phenoxy) is 1. The first-order chi connectivity index (χ1) is 8.77. The third-order valence-corrected chi connectivity index (χ3v) is 3.10. The molecule has 0 heterocycles. The average Bonchev–Trinajstić information content (AvgIpc) is 2.38. The Balaban J connectivity index is 2.29. The summed E-state index contributed by atoms with van der Waals surface area (Å²) in [6, 6.07) is 8.47. The molecule has 0 fully saturated rings. The van der Waals surface area contributed by atoms with Gasteiger partial charge >= 0.3 is 0 Å². The quantitative estimate of drug-likeness (QED) is 0.679. The van der Waals surface area contributed by atoms with E-state index in [9.17, 15) is 0 Å². The monoisotopic (exact) mass is 269 g/mol. The van der Waals surface area contributed by atoms with Crippen molar-refractivity contribution in [3.05, 3.63) is 34.9 Å². The topological polar surface area (TPSA) is 21.3 Å². The molecule has 0 amide bonds. The molecule has 1 rings (SSSR count). The second-order valence-electron chi connectivity index (χ2n) is 4.44. The summed E-state index contributed by atoms with van der Waals surface area (Å²) >= 11 is 6.02. The van der Waals surface area contributed by atoms with Crippen LogP contribution in [0.1, 0.15) is 44.7 Å². The van der Waals surface area contributed by atoms with E-state index in [0.29, 0.717) is 6.04 Å². The smallest absolute Gasteiger partial charge is 0.0478 e. The van der Waals surface area contributed by atoms with Gasteiger partial charge in [-0.15, -0.1) is 0 Å². The molecule has 0 aliphatic carbocycles. The van der Waals surface area contributed by atoms with Gasteiger partial charge in [0.2, 0.25) is 0 Å². The molecule has 0 aromatic heterocycles. The van der Waals surface area contributed by atoms with Gasteiger partial charge in [-0.3, -0.25) is 0 Å². The minimum Gasteiger partial charge on any atom is -0.381 e. The Morgan fingerprint density at radius 1 is 1.28 bits per heavy atom. The van der Waals surface area contributed by atoms with Crippen LogP contribution in [0.3, 0.4) is 0 Å². The number of benzene rings is 1. The van der Waals surface area contributed by atoms with Gasteiger partial charge < -0.3 is 10.1 Å². The van der Waals surface area contributed by atoms with Crippen molar-refractivity contribution < 1.29 is 4.74 Å². The number of hydrogen-bond acceptors (Lipinski definition) is 2. The van der Waals surface area contributed by atoms with Crippen molar-refractivity contribution in [2.45, 2.75) is 39.2 Å². The van der Waals surface area contributed by atoms with E-state index in [1.54, 1.807) is 0 Å². The Hall–Kier alpha value is -0.570. The fourth-order valence-corrected chi connectivity index (χ4v) is 2.12. The molecular formula is C15H24ClNO. The van der Waals surface area contributed by atoms with Gasteiger partial charge in [-0.1, -0.05) is 37.6 Å². The van der Waals surface area contributed by atoms with Crippen molar-refractivity contribution in [1.29, 1.82) is 0 Å².